The van der Waals surface area contributed by atoms with E-state index in [1.807, 2.05) is 0 Å². The Labute approximate surface area is 124 Å². The summed E-state index contributed by atoms with van der Waals surface area (Å²) in [7, 11) is 0. The van der Waals surface area contributed by atoms with Gasteiger partial charge in [0, 0.05) is 17.0 Å². The molecule has 21 heavy (non-hydrogen) atoms. The van der Waals surface area contributed by atoms with Gasteiger partial charge in [0.2, 0.25) is 0 Å². The molecule has 0 bridgehead atoms. The van der Waals surface area contributed by atoms with E-state index in [-0.39, 0.29) is 22.7 Å². The number of ether oxygens (including phenoxy) is 1. The summed E-state index contributed by atoms with van der Waals surface area (Å²) in [5.74, 6) is 4.49. The van der Waals surface area contributed by atoms with Crippen LogP contribution < -0.4 is 5.32 Å². The molecule has 1 aromatic carbocycles. The lowest BCUT2D eigenvalue weighted by Gasteiger charge is -2.35. The maximum atomic E-state index is 13.6. The van der Waals surface area contributed by atoms with E-state index >= 15 is 0 Å². The summed E-state index contributed by atoms with van der Waals surface area (Å²) in [6.07, 6.45) is -5.23. The molecule has 1 heterocycles. The second kappa shape index (κ2) is 5.49. The van der Waals surface area contributed by atoms with Crippen LogP contribution in [0.4, 0.5) is 23.7 Å². The predicted molar refractivity (Wildman–Crippen MR) is 72.0 cm³/mol. The minimum Gasteiger partial charge on any atom is -0.415 e. The number of nitrogens with one attached hydrogen (secondary N) is 1. The van der Waals surface area contributed by atoms with Gasteiger partial charge < -0.3 is 4.74 Å². The van der Waals surface area contributed by atoms with Gasteiger partial charge >= 0.3 is 12.3 Å². The van der Waals surface area contributed by atoms with Crippen LogP contribution in [0.5, 0.6) is 0 Å². The third-order valence-electron chi connectivity index (χ3n) is 2.88. The molecule has 1 aromatic rings. The van der Waals surface area contributed by atoms with Gasteiger partial charge in [0.05, 0.1) is 5.69 Å². The van der Waals surface area contributed by atoms with Crippen LogP contribution in [0.1, 0.15) is 25.3 Å². The van der Waals surface area contributed by atoms with Gasteiger partial charge in [-0.3, -0.25) is 5.32 Å². The van der Waals surface area contributed by atoms with E-state index in [0.717, 1.165) is 6.07 Å². The Morgan fingerprint density at radius 1 is 1.43 bits per heavy atom. The molecule has 0 saturated heterocycles. The molecule has 0 aliphatic carbocycles. The molecule has 3 nitrogen and oxygen atoms in total. The Balaban J connectivity index is 2.68. The summed E-state index contributed by atoms with van der Waals surface area (Å²) in [6.45, 7) is 1.79. The number of rotatable bonds is 1. The van der Waals surface area contributed by atoms with Crippen molar-refractivity contribution in [3.05, 3.63) is 28.8 Å². The predicted octanol–water partition coefficient (Wildman–Crippen LogP) is 4.46. The fourth-order valence-electron chi connectivity index (χ4n) is 1.93. The number of hydrogen-bond acceptors (Lipinski definition) is 2. The first-order valence-electron chi connectivity index (χ1n) is 6.17. The minimum atomic E-state index is -4.88. The summed E-state index contributed by atoms with van der Waals surface area (Å²) in [4.78, 5) is 11.5. The normalized spacial score (nSPS) is 20.7. The van der Waals surface area contributed by atoms with Crippen LogP contribution in [-0.4, -0.2) is 12.3 Å². The number of fused-ring (bicyclic) bond motifs is 1. The van der Waals surface area contributed by atoms with Crippen LogP contribution in [-0.2, 0) is 10.3 Å². The van der Waals surface area contributed by atoms with Crippen molar-refractivity contribution < 1.29 is 22.7 Å². The summed E-state index contributed by atoms with van der Waals surface area (Å²) in [6, 6.07) is 3.77. The highest BCUT2D eigenvalue weighted by Crippen LogP contribution is 2.47. The molecule has 0 spiro atoms. The topological polar surface area (TPSA) is 38.3 Å². The van der Waals surface area contributed by atoms with E-state index in [1.54, 1.807) is 6.92 Å². The lowest BCUT2D eigenvalue weighted by molar-refractivity contribution is -0.239. The highest BCUT2D eigenvalue weighted by Gasteiger charge is 2.61. The summed E-state index contributed by atoms with van der Waals surface area (Å²) in [5.41, 5.74) is -3.32. The maximum absolute atomic E-state index is 13.6. The van der Waals surface area contributed by atoms with Gasteiger partial charge in [-0.25, -0.2) is 4.79 Å². The fourth-order valence-corrected chi connectivity index (χ4v) is 2.10. The van der Waals surface area contributed by atoms with Crippen molar-refractivity contribution in [3.8, 4) is 11.8 Å². The Morgan fingerprint density at radius 2 is 2.14 bits per heavy atom. The molecule has 0 radical (unpaired) electrons. The number of unbranched alkanes of at least 4 members (excludes halogenated alkanes) is 1. The number of anilines is 1. The molecule has 112 valence electrons. The molecule has 1 atom stereocenters. The highest BCUT2D eigenvalue weighted by atomic mass is 35.5. The Hall–Kier alpha value is -1.87. The number of carbonyl (C=O) groups is 1. The number of amides is 1. The van der Waals surface area contributed by atoms with Gasteiger partial charge in [-0.2, -0.15) is 13.2 Å². The number of hydrogen-bond donors (Lipinski definition) is 1. The lowest BCUT2D eigenvalue weighted by atomic mass is 9.90. The van der Waals surface area contributed by atoms with Gasteiger partial charge in [0.15, 0.2) is 0 Å². The molecule has 1 N–H and O–H groups in total. The molecule has 0 fully saturated rings. The Morgan fingerprint density at radius 3 is 2.76 bits per heavy atom. The van der Waals surface area contributed by atoms with E-state index in [4.69, 9.17) is 11.6 Å². The number of cyclic esters (lactones) is 1. The fraction of sp³-hybridized carbons (Fsp3) is 0.357. The SMILES string of the molecule is CCCC#C[C@@]1(C(F)(F)F)OC(=O)Nc2ccc(Cl)cc21. The molecule has 0 unspecified atom stereocenters. The lowest BCUT2D eigenvalue weighted by Crippen LogP contribution is -2.49. The Kier molecular flexibility index (Phi) is 4.06. The van der Waals surface area contributed by atoms with Crippen LogP contribution >= 0.6 is 11.6 Å². The third-order valence-corrected chi connectivity index (χ3v) is 3.12. The smallest absolute Gasteiger partial charge is 0.415 e. The van der Waals surface area contributed by atoms with Crippen LogP contribution in [0.2, 0.25) is 5.02 Å². The van der Waals surface area contributed by atoms with Crippen molar-refractivity contribution >= 4 is 23.4 Å². The van der Waals surface area contributed by atoms with E-state index < -0.39 is 17.9 Å². The molecule has 1 aliphatic rings. The third kappa shape index (κ3) is 2.79. The molecule has 7 heteroatoms. The van der Waals surface area contributed by atoms with E-state index in [1.165, 1.54) is 12.1 Å². The molecule has 1 aliphatic heterocycles. The Bertz CT molecular complexity index is 633. The zero-order valence-electron chi connectivity index (χ0n) is 11.0. The van der Waals surface area contributed by atoms with Gasteiger partial charge in [-0.05, 0) is 30.5 Å². The average Bonchev–Trinajstić information content (AvgIpc) is 2.38. The van der Waals surface area contributed by atoms with Crippen molar-refractivity contribution in [1.82, 2.24) is 0 Å². The van der Waals surface area contributed by atoms with Crippen LogP contribution in [0.25, 0.3) is 0 Å². The summed E-state index contributed by atoms with van der Waals surface area (Å²) in [5, 5.41) is 2.31. The van der Waals surface area contributed by atoms with Crippen LogP contribution in [0.15, 0.2) is 18.2 Å². The van der Waals surface area contributed by atoms with E-state index in [9.17, 15) is 18.0 Å². The second-order valence-corrected chi connectivity index (χ2v) is 4.87. The zero-order valence-corrected chi connectivity index (χ0v) is 11.7. The highest BCUT2D eigenvalue weighted by molar-refractivity contribution is 6.30. The first-order chi connectivity index (χ1) is 9.80. The van der Waals surface area contributed by atoms with Crippen molar-refractivity contribution in [2.75, 3.05) is 5.32 Å². The molecule has 2 rings (SSSR count). The first-order valence-corrected chi connectivity index (χ1v) is 6.54. The van der Waals surface area contributed by atoms with Crippen LogP contribution in [0.3, 0.4) is 0 Å². The summed E-state index contributed by atoms with van der Waals surface area (Å²) < 4.78 is 45.2. The maximum Gasteiger partial charge on any atom is 0.445 e. The molecule has 0 saturated carbocycles. The second-order valence-electron chi connectivity index (χ2n) is 4.44. The molecule has 1 amide bonds. The molecular weight excluding hydrogens is 307 g/mol. The van der Waals surface area contributed by atoms with Gasteiger partial charge in [0.1, 0.15) is 0 Å². The van der Waals surface area contributed by atoms with Crippen molar-refractivity contribution in [1.29, 1.82) is 0 Å². The standard InChI is InChI=1S/C14H11ClF3NO2/c1-2-3-4-7-13(14(16,17)18)10-8-9(15)5-6-11(10)19-12(20)21-13/h5-6,8H,2-3H2,1H3,(H,19,20)/t13-/m1/s1. The summed E-state index contributed by atoms with van der Waals surface area (Å²) >= 11 is 5.77. The van der Waals surface area contributed by atoms with Crippen molar-refractivity contribution in [3.63, 3.8) is 0 Å². The van der Waals surface area contributed by atoms with Crippen molar-refractivity contribution in [2.24, 2.45) is 0 Å². The quantitative estimate of drug-likeness (QED) is 0.776. The van der Waals surface area contributed by atoms with Crippen molar-refractivity contribution in [2.45, 2.75) is 31.5 Å². The molecular formula is C14H11ClF3NO2. The zero-order chi connectivity index (χ0) is 15.7. The minimum absolute atomic E-state index is 0.0150. The van der Waals surface area contributed by atoms with Gasteiger partial charge in [0.25, 0.3) is 5.60 Å². The average molecular weight is 318 g/mol. The number of carbonyl (C=O) groups excluding carboxylic acids is 1. The van der Waals surface area contributed by atoms with Crippen LogP contribution in [0, 0.1) is 11.8 Å². The van der Waals surface area contributed by atoms with Gasteiger partial charge in [-0.15, -0.1) is 0 Å². The molecule has 0 aromatic heterocycles. The number of benzene rings is 1. The monoisotopic (exact) mass is 317 g/mol. The first kappa shape index (κ1) is 15.5. The number of halogens is 4. The largest absolute Gasteiger partial charge is 0.445 e. The number of alkyl halides is 3. The van der Waals surface area contributed by atoms with E-state index in [2.05, 4.69) is 21.9 Å². The van der Waals surface area contributed by atoms with Gasteiger partial charge in [-0.1, -0.05) is 24.4 Å². The van der Waals surface area contributed by atoms with E-state index in [0.29, 0.717) is 6.42 Å².